The number of carbonyl (C=O) groups is 2. The van der Waals surface area contributed by atoms with Gasteiger partial charge in [-0.1, -0.05) is 0 Å². The second-order valence-corrected chi connectivity index (χ2v) is 6.15. The molecule has 2 aliphatic heterocycles. The number of pyridine rings is 1. The number of morpholine rings is 1. The van der Waals surface area contributed by atoms with Crippen LogP contribution in [0.5, 0.6) is 5.88 Å². The van der Waals surface area contributed by atoms with Crippen LogP contribution in [-0.2, 0) is 22.6 Å². The first-order valence-electron chi connectivity index (χ1n) is 8.57. The Labute approximate surface area is 146 Å². The number of nitrogens with one attached hydrogen (secondary N) is 2. The number of rotatable bonds is 6. The van der Waals surface area contributed by atoms with Gasteiger partial charge in [-0.05, 0) is 13.0 Å². The third-order valence-electron chi connectivity index (χ3n) is 4.47. The van der Waals surface area contributed by atoms with Gasteiger partial charge >= 0.3 is 0 Å². The van der Waals surface area contributed by atoms with Gasteiger partial charge < -0.3 is 25.0 Å². The van der Waals surface area contributed by atoms with Crippen molar-refractivity contribution in [3.8, 4) is 5.88 Å². The number of hydrogen-bond donors (Lipinski definition) is 2. The van der Waals surface area contributed by atoms with Crippen LogP contribution in [0.2, 0.25) is 0 Å². The summed E-state index contributed by atoms with van der Waals surface area (Å²) < 4.78 is 10.9. The van der Waals surface area contributed by atoms with E-state index < -0.39 is 0 Å². The zero-order valence-corrected chi connectivity index (χ0v) is 14.6. The normalized spacial score (nSPS) is 19.7. The Morgan fingerprint density at radius 3 is 3.08 bits per heavy atom. The Balaban J connectivity index is 1.65. The van der Waals surface area contributed by atoms with E-state index in [9.17, 15) is 9.59 Å². The Morgan fingerprint density at radius 2 is 2.40 bits per heavy atom. The van der Waals surface area contributed by atoms with Crippen LogP contribution in [0.15, 0.2) is 6.07 Å². The van der Waals surface area contributed by atoms with Crippen molar-refractivity contribution in [3.63, 3.8) is 0 Å². The second kappa shape index (κ2) is 7.79. The summed E-state index contributed by atoms with van der Waals surface area (Å²) in [4.78, 5) is 30.6. The van der Waals surface area contributed by atoms with Crippen molar-refractivity contribution in [3.05, 3.63) is 22.9 Å². The Bertz CT molecular complexity index is 658. The fourth-order valence-corrected chi connectivity index (χ4v) is 3.08. The van der Waals surface area contributed by atoms with Gasteiger partial charge in [0.25, 0.3) is 5.91 Å². The maximum Gasteiger partial charge on any atom is 0.256 e. The molecule has 1 fully saturated rings. The lowest BCUT2D eigenvalue weighted by Crippen LogP contribution is -2.41. The predicted molar refractivity (Wildman–Crippen MR) is 90.3 cm³/mol. The molecule has 8 nitrogen and oxygen atoms in total. The first kappa shape index (κ1) is 17.6. The lowest BCUT2D eigenvalue weighted by atomic mass is 10.1. The number of nitrogens with zero attached hydrogens (tertiary/aromatic N) is 2. The highest BCUT2D eigenvalue weighted by molar-refractivity contribution is 5.98. The molecule has 0 saturated carbocycles. The number of methoxy groups -OCH3 is 1. The molecule has 0 spiro atoms. The molecule has 3 rings (SSSR count). The molecule has 136 valence electrons. The summed E-state index contributed by atoms with van der Waals surface area (Å²) in [7, 11) is 1.54. The third kappa shape index (κ3) is 3.91. The lowest BCUT2D eigenvalue weighted by Gasteiger charge is -2.23. The lowest BCUT2D eigenvalue weighted by molar-refractivity contribution is -0.124. The molecule has 2 aliphatic rings. The molecule has 25 heavy (non-hydrogen) atoms. The predicted octanol–water partition coefficient (Wildman–Crippen LogP) is 0.0606. The molecule has 1 aromatic rings. The Hall–Kier alpha value is -2.19. The summed E-state index contributed by atoms with van der Waals surface area (Å²) >= 11 is 0. The van der Waals surface area contributed by atoms with E-state index >= 15 is 0 Å². The van der Waals surface area contributed by atoms with Crippen molar-refractivity contribution in [2.24, 2.45) is 0 Å². The highest BCUT2D eigenvalue weighted by atomic mass is 16.5. The molecule has 2 N–H and O–H groups in total. The van der Waals surface area contributed by atoms with E-state index in [0.29, 0.717) is 49.7 Å². The van der Waals surface area contributed by atoms with Crippen LogP contribution in [0, 0.1) is 0 Å². The number of aromatic nitrogens is 1. The topological polar surface area (TPSA) is 92.8 Å². The van der Waals surface area contributed by atoms with Gasteiger partial charge in [0.15, 0.2) is 0 Å². The van der Waals surface area contributed by atoms with Crippen molar-refractivity contribution in [2.45, 2.75) is 32.5 Å². The monoisotopic (exact) mass is 348 g/mol. The highest BCUT2D eigenvalue weighted by Gasteiger charge is 2.29. The van der Waals surface area contributed by atoms with E-state index in [1.54, 1.807) is 11.0 Å². The zero-order chi connectivity index (χ0) is 17.8. The molecular weight excluding hydrogens is 324 g/mol. The minimum Gasteiger partial charge on any atom is -0.481 e. The number of hydrogen-bond acceptors (Lipinski definition) is 6. The molecule has 1 saturated heterocycles. The van der Waals surface area contributed by atoms with Crippen LogP contribution in [0.4, 0.5) is 0 Å². The largest absolute Gasteiger partial charge is 0.481 e. The van der Waals surface area contributed by atoms with E-state index in [1.165, 1.54) is 7.11 Å². The van der Waals surface area contributed by atoms with Gasteiger partial charge in [0, 0.05) is 31.7 Å². The number of carbonyl (C=O) groups excluding carboxylic acids is 2. The summed E-state index contributed by atoms with van der Waals surface area (Å²) in [5, 5.41) is 6.06. The van der Waals surface area contributed by atoms with Crippen LogP contribution < -0.4 is 15.4 Å². The number of amides is 2. The van der Waals surface area contributed by atoms with E-state index in [2.05, 4.69) is 15.6 Å². The Morgan fingerprint density at radius 1 is 1.56 bits per heavy atom. The SMILES string of the molecule is CCN1Cc2nc(OC)c(CNC(=O)C[C@H]3CNCCO3)cc2C1=O. The summed E-state index contributed by atoms with van der Waals surface area (Å²) in [6, 6.07) is 1.78. The molecule has 3 heterocycles. The van der Waals surface area contributed by atoms with Gasteiger partial charge in [-0.3, -0.25) is 9.59 Å². The van der Waals surface area contributed by atoms with Crippen molar-refractivity contribution < 1.29 is 19.1 Å². The van der Waals surface area contributed by atoms with Crippen LogP contribution in [-0.4, -0.2) is 61.2 Å². The van der Waals surface area contributed by atoms with Crippen LogP contribution in [0.1, 0.15) is 35.0 Å². The average Bonchev–Trinajstić information content (AvgIpc) is 2.95. The summed E-state index contributed by atoms with van der Waals surface area (Å²) in [6.07, 6.45) is 0.199. The molecule has 0 aromatic carbocycles. The van der Waals surface area contributed by atoms with Crippen molar-refractivity contribution in [1.82, 2.24) is 20.5 Å². The molecule has 8 heteroatoms. The molecule has 0 radical (unpaired) electrons. The van der Waals surface area contributed by atoms with E-state index in [0.717, 1.165) is 12.2 Å². The van der Waals surface area contributed by atoms with Gasteiger partial charge in [0.05, 0.1) is 44.0 Å². The van der Waals surface area contributed by atoms with Crippen LogP contribution in [0.3, 0.4) is 0 Å². The van der Waals surface area contributed by atoms with Crippen molar-refractivity contribution in [2.75, 3.05) is 33.4 Å². The maximum absolute atomic E-state index is 12.3. The summed E-state index contributed by atoms with van der Waals surface area (Å²) in [5.74, 6) is 0.319. The van der Waals surface area contributed by atoms with Crippen molar-refractivity contribution >= 4 is 11.8 Å². The Kier molecular flexibility index (Phi) is 5.50. The first-order chi connectivity index (χ1) is 12.1. The molecule has 1 atom stereocenters. The van der Waals surface area contributed by atoms with Gasteiger partial charge in [-0.25, -0.2) is 4.98 Å². The van der Waals surface area contributed by atoms with E-state index in [-0.39, 0.29) is 24.5 Å². The average molecular weight is 348 g/mol. The zero-order valence-electron chi connectivity index (χ0n) is 14.6. The number of ether oxygens (including phenoxy) is 2. The fourth-order valence-electron chi connectivity index (χ4n) is 3.08. The smallest absolute Gasteiger partial charge is 0.256 e. The molecule has 2 amide bonds. The molecule has 0 aliphatic carbocycles. The quantitative estimate of drug-likeness (QED) is 0.755. The first-order valence-corrected chi connectivity index (χ1v) is 8.57. The second-order valence-electron chi connectivity index (χ2n) is 6.15. The van der Waals surface area contributed by atoms with Gasteiger partial charge in [-0.2, -0.15) is 0 Å². The highest BCUT2D eigenvalue weighted by Crippen LogP contribution is 2.26. The molecule has 0 unspecified atom stereocenters. The number of fused-ring (bicyclic) bond motifs is 1. The van der Waals surface area contributed by atoms with Crippen LogP contribution in [0.25, 0.3) is 0 Å². The molecular formula is C17H24N4O4. The fraction of sp³-hybridized carbons (Fsp3) is 0.588. The van der Waals surface area contributed by atoms with Gasteiger partial charge in [0.1, 0.15) is 0 Å². The standard InChI is InChI=1S/C17H24N4O4/c1-3-21-10-14-13(17(21)23)6-11(16(20-14)24-2)8-19-15(22)7-12-9-18-4-5-25-12/h6,12,18H,3-5,7-10H2,1-2H3,(H,19,22)/t12-/m0/s1. The minimum absolute atomic E-state index is 0.0260. The maximum atomic E-state index is 12.3. The summed E-state index contributed by atoms with van der Waals surface area (Å²) in [6.45, 7) is 5.46. The van der Waals surface area contributed by atoms with Crippen molar-refractivity contribution in [1.29, 1.82) is 0 Å². The van der Waals surface area contributed by atoms with E-state index in [1.807, 2.05) is 6.92 Å². The van der Waals surface area contributed by atoms with Gasteiger partial charge in [0.2, 0.25) is 11.8 Å². The summed E-state index contributed by atoms with van der Waals surface area (Å²) in [5.41, 5.74) is 2.01. The van der Waals surface area contributed by atoms with E-state index in [4.69, 9.17) is 9.47 Å². The van der Waals surface area contributed by atoms with Gasteiger partial charge in [-0.15, -0.1) is 0 Å². The molecule has 0 bridgehead atoms. The molecule has 1 aromatic heterocycles. The minimum atomic E-state index is -0.103. The third-order valence-corrected chi connectivity index (χ3v) is 4.47. The van der Waals surface area contributed by atoms with Crippen LogP contribution >= 0.6 is 0 Å².